The Balaban J connectivity index is 1.15. The lowest BCUT2D eigenvalue weighted by Crippen LogP contribution is -2.56. The van der Waals surface area contributed by atoms with E-state index < -0.39 is 17.5 Å². The van der Waals surface area contributed by atoms with E-state index in [1.807, 2.05) is 11.1 Å². The third-order valence-corrected chi connectivity index (χ3v) is 6.40. The highest BCUT2D eigenvalue weighted by Gasteiger charge is 2.38. The average molecular weight is 495 g/mol. The van der Waals surface area contributed by atoms with Crippen molar-refractivity contribution in [3.8, 4) is 11.1 Å². The van der Waals surface area contributed by atoms with E-state index in [4.69, 9.17) is 10.3 Å². The number of urea groups is 1. The van der Waals surface area contributed by atoms with Crippen molar-refractivity contribution in [2.24, 2.45) is 0 Å². The van der Waals surface area contributed by atoms with E-state index in [2.05, 4.69) is 30.3 Å². The molecular formula is C24H24F2N8O2. The van der Waals surface area contributed by atoms with Crippen LogP contribution in [0.25, 0.3) is 22.2 Å². The van der Waals surface area contributed by atoms with Crippen LogP contribution in [0.15, 0.2) is 41.3 Å². The number of nitrogen functional groups attached to an aromatic ring is 1. The van der Waals surface area contributed by atoms with Gasteiger partial charge in [-0.25, -0.2) is 23.5 Å². The number of likely N-dealkylation sites (tertiary alicyclic amines) is 1. The van der Waals surface area contributed by atoms with Gasteiger partial charge in [-0.3, -0.25) is 10.2 Å². The van der Waals surface area contributed by atoms with Gasteiger partial charge in [-0.1, -0.05) is 11.2 Å². The lowest BCUT2D eigenvalue weighted by Gasteiger charge is -2.41. The van der Waals surface area contributed by atoms with Crippen LogP contribution in [0.3, 0.4) is 0 Å². The highest BCUT2D eigenvalue weighted by molar-refractivity contribution is 6.02. The third-order valence-electron chi connectivity index (χ3n) is 6.40. The molecule has 0 atom stereocenters. The number of alkyl halides is 1. The molecule has 186 valence electrons. The maximum atomic E-state index is 15.0. The van der Waals surface area contributed by atoms with E-state index in [9.17, 15) is 13.6 Å². The Morgan fingerprint density at radius 3 is 2.78 bits per heavy atom. The van der Waals surface area contributed by atoms with Crippen LogP contribution in [-0.4, -0.2) is 49.4 Å². The normalized spacial score (nSPS) is 17.2. The molecule has 3 aromatic heterocycles. The molecule has 6 rings (SSSR count). The maximum Gasteiger partial charge on any atom is 0.326 e. The minimum absolute atomic E-state index is 0.00560. The number of rotatable bonds is 6. The smallest absolute Gasteiger partial charge is 0.326 e. The van der Waals surface area contributed by atoms with Gasteiger partial charge in [0.25, 0.3) is 0 Å². The van der Waals surface area contributed by atoms with Crippen molar-refractivity contribution in [3.05, 3.63) is 48.3 Å². The van der Waals surface area contributed by atoms with Crippen molar-refractivity contribution in [1.82, 2.24) is 24.6 Å². The topological polar surface area (TPSA) is 127 Å². The number of benzene rings is 1. The van der Waals surface area contributed by atoms with Crippen LogP contribution < -0.4 is 16.4 Å². The predicted molar refractivity (Wildman–Crippen MR) is 130 cm³/mol. The number of hydrogen-bond donors (Lipinski definition) is 3. The first-order valence-electron chi connectivity index (χ1n) is 11.6. The molecule has 36 heavy (non-hydrogen) atoms. The molecule has 0 bridgehead atoms. The highest BCUT2D eigenvalue weighted by atomic mass is 19.1. The summed E-state index contributed by atoms with van der Waals surface area (Å²) < 4.78 is 35.8. The average Bonchev–Trinajstić information content (AvgIpc) is 3.43. The Morgan fingerprint density at radius 2 is 2.06 bits per heavy atom. The Kier molecular flexibility index (Phi) is 5.14. The zero-order chi connectivity index (χ0) is 25.0. The Bertz CT molecular complexity index is 1470. The van der Waals surface area contributed by atoms with Crippen LogP contribution in [0.5, 0.6) is 0 Å². The summed E-state index contributed by atoms with van der Waals surface area (Å²) in [5, 5.41) is 9.52. The molecule has 1 aliphatic carbocycles. The molecule has 1 saturated heterocycles. The minimum Gasteiger partial charge on any atom is -0.383 e. The number of carbonyl (C=O) groups is 1. The lowest BCUT2D eigenvalue weighted by molar-refractivity contribution is -0.0236. The summed E-state index contributed by atoms with van der Waals surface area (Å²) in [6.45, 7) is 2.60. The number of nitrogens with zero attached hydrogens (tertiary/aromatic N) is 5. The lowest BCUT2D eigenvalue weighted by atomic mass is 9.99. The van der Waals surface area contributed by atoms with Gasteiger partial charge in [-0.15, -0.1) is 0 Å². The van der Waals surface area contributed by atoms with Gasteiger partial charge in [0.15, 0.2) is 0 Å². The molecule has 0 unspecified atom stereocenters. The fourth-order valence-corrected chi connectivity index (χ4v) is 4.68. The van der Waals surface area contributed by atoms with Crippen molar-refractivity contribution in [2.75, 3.05) is 29.5 Å². The van der Waals surface area contributed by atoms with E-state index in [1.165, 1.54) is 18.5 Å². The van der Waals surface area contributed by atoms with Crippen molar-refractivity contribution < 1.29 is 18.1 Å². The molecule has 0 spiro atoms. The summed E-state index contributed by atoms with van der Waals surface area (Å²) in [4.78, 5) is 22.8. The van der Waals surface area contributed by atoms with E-state index >= 15 is 0 Å². The molecular weight excluding hydrogens is 470 g/mol. The minimum atomic E-state index is -1.18. The van der Waals surface area contributed by atoms with Crippen molar-refractivity contribution in [1.29, 1.82) is 0 Å². The Hall–Kier alpha value is -4.06. The number of hydrogen-bond acceptors (Lipinski definition) is 7. The van der Waals surface area contributed by atoms with Crippen molar-refractivity contribution >= 4 is 34.5 Å². The number of aromatic nitrogens is 4. The first-order chi connectivity index (χ1) is 17.3. The molecule has 1 aromatic carbocycles. The van der Waals surface area contributed by atoms with Crippen LogP contribution in [0.1, 0.15) is 31.5 Å². The van der Waals surface area contributed by atoms with Crippen LogP contribution in [0.2, 0.25) is 0 Å². The van der Waals surface area contributed by atoms with Gasteiger partial charge in [0.05, 0.1) is 16.8 Å². The molecule has 4 N–H and O–H groups in total. The largest absolute Gasteiger partial charge is 0.383 e. The van der Waals surface area contributed by atoms with Gasteiger partial charge in [0.1, 0.15) is 29.3 Å². The van der Waals surface area contributed by atoms with E-state index in [-0.39, 0.29) is 11.6 Å². The van der Waals surface area contributed by atoms with Crippen LogP contribution in [0.4, 0.5) is 31.0 Å². The quantitative estimate of drug-likeness (QED) is 0.364. The second kappa shape index (κ2) is 8.26. The first kappa shape index (κ1) is 22.4. The molecule has 1 saturated carbocycles. The second-order valence-electron chi connectivity index (χ2n) is 9.65. The SMILES string of the molecule is CC1(F)CN(Cc2cc(NC(=O)Nc3ccc(-c4cn(C5CC5)c5ncnc(N)c45)cc3F)on2)C1. The van der Waals surface area contributed by atoms with Crippen molar-refractivity contribution in [2.45, 2.75) is 38.0 Å². The zero-order valence-corrected chi connectivity index (χ0v) is 19.5. The summed E-state index contributed by atoms with van der Waals surface area (Å²) >= 11 is 0. The molecule has 4 heterocycles. The molecule has 0 radical (unpaired) electrons. The highest BCUT2D eigenvalue weighted by Crippen LogP contribution is 2.42. The maximum absolute atomic E-state index is 15.0. The fraction of sp³-hybridized carbons (Fsp3) is 0.333. The number of fused-ring (bicyclic) bond motifs is 1. The number of nitrogens with one attached hydrogen (secondary N) is 2. The van der Waals surface area contributed by atoms with Gasteiger partial charge in [-0.2, -0.15) is 0 Å². The molecule has 12 heteroatoms. The summed E-state index contributed by atoms with van der Waals surface area (Å²) in [6, 6.07) is 5.74. The Labute approximate surface area is 204 Å². The van der Waals surface area contributed by atoms with Gasteiger partial charge >= 0.3 is 6.03 Å². The first-order valence-corrected chi connectivity index (χ1v) is 11.6. The summed E-state index contributed by atoms with van der Waals surface area (Å²) in [6.07, 6.45) is 5.47. The number of halogens is 2. The standard InChI is InChI=1S/C24H24F2N8O2/c1-24(26)10-33(11-24)8-14-7-19(36-32-14)31-23(35)30-18-5-2-13(6-17(18)25)16-9-34(15-3-4-15)22-20(16)21(27)28-12-29-22/h2,5-7,9,12,15H,3-4,8,10-11H2,1H3,(H2,27,28,29)(H2,30,31,35). The fourth-order valence-electron chi connectivity index (χ4n) is 4.68. The van der Waals surface area contributed by atoms with Crippen LogP contribution >= 0.6 is 0 Å². The molecule has 2 aliphatic rings. The van der Waals surface area contributed by atoms with E-state index in [0.717, 1.165) is 24.1 Å². The third kappa shape index (κ3) is 4.24. The Morgan fingerprint density at radius 1 is 1.25 bits per heavy atom. The van der Waals surface area contributed by atoms with Crippen molar-refractivity contribution in [3.63, 3.8) is 0 Å². The number of carbonyl (C=O) groups excluding carboxylic acids is 1. The second-order valence-corrected chi connectivity index (χ2v) is 9.65. The number of amides is 2. The van der Waals surface area contributed by atoms with Gasteiger partial charge in [0.2, 0.25) is 5.88 Å². The van der Waals surface area contributed by atoms with E-state index in [1.54, 1.807) is 19.1 Å². The summed E-state index contributed by atoms with van der Waals surface area (Å²) in [5.74, 6) is -0.183. The predicted octanol–water partition coefficient (Wildman–Crippen LogP) is 4.33. The number of nitrogens with two attached hydrogens (primary N) is 1. The zero-order valence-electron chi connectivity index (χ0n) is 19.5. The molecule has 1 aliphatic heterocycles. The van der Waals surface area contributed by atoms with Gasteiger partial charge < -0.3 is 20.1 Å². The van der Waals surface area contributed by atoms with Crippen LogP contribution in [-0.2, 0) is 6.54 Å². The molecule has 10 nitrogen and oxygen atoms in total. The molecule has 2 fully saturated rings. The summed E-state index contributed by atoms with van der Waals surface area (Å²) in [5.41, 5.74) is 7.55. The molecule has 2 amide bonds. The number of anilines is 3. The van der Waals surface area contributed by atoms with Gasteiger partial charge in [-0.05, 0) is 37.5 Å². The van der Waals surface area contributed by atoms with E-state index in [0.29, 0.717) is 48.1 Å². The summed E-state index contributed by atoms with van der Waals surface area (Å²) in [7, 11) is 0. The molecule has 4 aromatic rings. The van der Waals surface area contributed by atoms with Gasteiger partial charge in [0, 0.05) is 43.5 Å². The van der Waals surface area contributed by atoms with Crippen LogP contribution in [0, 0.1) is 5.82 Å². The monoisotopic (exact) mass is 494 g/mol.